The molecule has 6 heteroatoms. The molecule has 0 saturated carbocycles. The summed E-state index contributed by atoms with van der Waals surface area (Å²) in [5, 5.41) is 3.86. The Hall–Kier alpha value is -1.95. The van der Waals surface area contributed by atoms with Gasteiger partial charge in [0.1, 0.15) is 4.91 Å². The number of anilines is 1. The molecule has 2 heterocycles. The fourth-order valence-corrected chi connectivity index (χ4v) is 4.56. The van der Waals surface area contributed by atoms with E-state index >= 15 is 0 Å². The van der Waals surface area contributed by atoms with Crippen molar-refractivity contribution in [3.63, 3.8) is 0 Å². The van der Waals surface area contributed by atoms with Gasteiger partial charge in [-0.1, -0.05) is 51.2 Å². The minimum Gasteiger partial charge on any atom is -0.481 e. The van der Waals surface area contributed by atoms with E-state index in [-0.39, 0.29) is 5.91 Å². The SMILES string of the molecule is CCCCCCCCc1ccc(NC(=O)C2=C(OC)N3CCCN=C3S2)cc1. The van der Waals surface area contributed by atoms with Crippen LogP contribution in [0.15, 0.2) is 40.0 Å². The van der Waals surface area contributed by atoms with Crippen LogP contribution in [0.1, 0.15) is 57.4 Å². The Balaban J connectivity index is 1.52. The van der Waals surface area contributed by atoms with Gasteiger partial charge in [-0.05, 0) is 48.7 Å². The van der Waals surface area contributed by atoms with Crippen LogP contribution in [0.5, 0.6) is 0 Å². The second-order valence-corrected chi connectivity index (χ2v) is 8.26. The number of carbonyl (C=O) groups is 1. The fraction of sp³-hybridized carbons (Fsp3) is 0.545. The van der Waals surface area contributed by atoms with Crippen LogP contribution in [0.4, 0.5) is 5.69 Å². The summed E-state index contributed by atoms with van der Waals surface area (Å²) >= 11 is 1.40. The highest BCUT2D eigenvalue weighted by Crippen LogP contribution is 2.37. The highest BCUT2D eigenvalue weighted by molar-refractivity contribution is 8.18. The van der Waals surface area contributed by atoms with Gasteiger partial charge in [-0.2, -0.15) is 0 Å². The molecule has 0 unspecified atom stereocenters. The summed E-state index contributed by atoms with van der Waals surface area (Å²) in [4.78, 5) is 19.8. The van der Waals surface area contributed by atoms with Gasteiger partial charge in [-0.25, -0.2) is 0 Å². The molecular weight excluding hydrogens is 370 g/mol. The number of benzene rings is 1. The Morgan fingerprint density at radius 1 is 1.18 bits per heavy atom. The van der Waals surface area contributed by atoms with Crippen LogP contribution in [-0.2, 0) is 16.0 Å². The molecule has 28 heavy (non-hydrogen) atoms. The lowest BCUT2D eigenvalue weighted by molar-refractivity contribution is -0.112. The first-order valence-corrected chi connectivity index (χ1v) is 11.2. The first-order chi connectivity index (χ1) is 13.7. The molecule has 152 valence electrons. The monoisotopic (exact) mass is 401 g/mol. The van der Waals surface area contributed by atoms with Crippen LogP contribution in [0, 0.1) is 0 Å². The third kappa shape index (κ3) is 5.31. The van der Waals surface area contributed by atoms with Crippen molar-refractivity contribution < 1.29 is 9.53 Å². The molecule has 0 radical (unpaired) electrons. The Labute approximate surface area is 172 Å². The van der Waals surface area contributed by atoms with E-state index in [2.05, 4.69) is 29.4 Å². The number of thioether (sulfide) groups is 1. The van der Waals surface area contributed by atoms with Gasteiger partial charge in [0.25, 0.3) is 5.91 Å². The van der Waals surface area contributed by atoms with Crippen LogP contribution >= 0.6 is 11.8 Å². The van der Waals surface area contributed by atoms with E-state index in [0.717, 1.165) is 36.8 Å². The number of rotatable bonds is 10. The number of carbonyl (C=O) groups excluding carboxylic acids is 1. The molecule has 1 amide bonds. The first-order valence-electron chi connectivity index (χ1n) is 10.4. The van der Waals surface area contributed by atoms with Gasteiger partial charge < -0.3 is 10.1 Å². The molecule has 5 nitrogen and oxygen atoms in total. The molecule has 1 aromatic carbocycles. The number of aliphatic imine (C=N–C) groups is 1. The highest BCUT2D eigenvalue weighted by atomic mass is 32.2. The number of amidine groups is 1. The van der Waals surface area contributed by atoms with Crippen molar-refractivity contribution in [2.75, 3.05) is 25.5 Å². The standard InChI is InChI=1S/C22H31N3O2S/c1-3-4-5-6-7-8-10-17-11-13-18(14-12-17)24-20(26)19-21(27-2)25-16-9-15-23-22(25)28-19/h11-14H,3-10,15-16H2,1-2H3,(H,24,26). The topological polar surface area (TPSA) is 53.9 Å². The molecular formula is C22H31N3O2S. The number of aryl methyl sites for hydroxylation is 1. The molecule has 0 aromatic heterocycles. The molecule has 2 aliphatic rings. The van der Waals surface area contributed by atoms with E-state index in [9.17, 15) is 4.79 Å². The van der Waals surface area contributed by atoms with Gasteiger partial charge in [0.05, 0.1) is 7.11 Å². The van der Waals surface area contributed by atoms with Gasteiger partial charge in [-0.3, -0.25) is 14.7 Å². The molecule has 1 N–H and O–H groups in total. The molecule has 0 atom stereocenters. The van der Waals surface area contributed by atoms with Gasteiger partial charge in [0.2, 0.25) is 5.88 Å². The second kappa shape index (κ2) is 10.6. The number of amides is 1. The van der Waals surface area contributed by atoms with Crippen LogP contribution in [0.2, 0.25) is 0 Å². The average molecular weight is 402 g/mol. The quantitative estimate of drug-likeness (QED) is 0.551. The predicted octanol–water partition coefficient (Wildman–Crippen LogP) is 5.15. The number of hydrogen-bond donors (Lipinski definition) is 1. The van der Waals surface area contributed by atoms with Crippen molar-refractivity contribution in [1.82, 2.24) is 4.90 Å². The normalized spacial score (nSPS) is 16.1. The average Bonchev–Trinajstić information content (AvgIpc) is 3.10. The summed E-state index contributed by atoms with van der Waals surface area (Å²) in [6, 6.07) is 8.20. The van der Waals surface area contributed by atoms with Crippen molar-refractivity contribution in [2.24, 2.45) is 4.99 Å². The summed E-state index contributed by atoms with van der Waals surface area (Å²) < 4.78 is 5.49. The predicted molar refractivity (Wildman–Crippen MR) is 117 cm³/mol. The number of fused-ring (bicyclic) bond motifs is 1. The number of unbranched alkanes of at least 4 members (excludes halogenated alkanes) is 5. The number of nitrogens with zero attached hydrogens (tertiary/aromatic N) is 2. The molecule has 0 saturated heterocycles. The maximum Gasteiger partial charge on any atom is 0.268 e. The maximum atomic E-state index is 12.8. The van der Waals surface area contributed by atoms with Crippen LogP contribution in [0.25, 0.3) is 0 Å². The smallest absolute Gasteiger partial charge is 0.268 e. The van der Waals surface area contributed by atoms with Crippen LogP contribution in [0.3, 0.4) is 0 Å². The summed E-state index contributed by atoms with van der Waals surface area (Å²) in [6.07, 6.45) is 9.93. The van der Waals surface area contributed by atoms with Gasteiger partial charge in [0.15, 0.2) is 5.17 Å². The van der Waals surface area contributed by atoms with Gasteiger partial charge in [0, 0.05) is 18.8 Å². The molecule has 1 aromatic rings. The van der Waals surface area contributed by atoms with Gasteiger partial charge in [-0.15, -0.1) is 0 Å². The Kier molecular flexibility index (Phi) is 7.83. The van der Waals surface area contributed by atoms with E-state index in [4.69, 9.17) is 4.74 Å². The van der Waals surface area contributed by atoms with Crippen LogP contribution in [-0.4, -0.2) is 36.2 Å². The van der Waals surface area contributed by atoms with Crippen molar-refractivity contribution in [3.8, 4) is 0 Å². The number of methoxy groups -OCH3 is 1. The van der Waals surface area contributed by atoms with Crippen molar-refractivity contribution in [1.29, 1.82) is 0 Å². The minimum absolute atomic E-state index is 0.136. The lowest BCUT2D eigenvalue weighted by atomic mass is 10.0. The second-order valence-electron chi connectivity index (χ2n) is 7.28. The number of hydrogen-bond acceptors (Lipinski definition) is 5. The zero-order valence-corrected chi connectivity index (χ0v) is 17.8. The van der Waals surface area contributed by atoms with E-state index in [0.29, 0.717) is 10.8 Å². The molecule has 0 aliphatic carbocycles. The summed E-state index contributed by atoms with van der Waals surface area (Å²) in [6.45, 7) is 3.90. The van der Waals surface area contributed by atoms with Crippen molar-refractivity contribution >= 4 is 28.5 Å². The Morgan fingerprint density at radius 3 is 2.68 bits per heavy atom. The van der Waals surface area contributed by atoms with E-state index in [1.165, 1.54) is 55.9 Å². The number of nitrogens with one attached hydrogen (secondary N) is 1. The largest absolute Gasteiger partial charge is 0.481 e. The Morgan fingerprint density at radius 2 is 1.93 bits per heavy atom. The molecule has 0 fully saturated rings. The zero-order valence-electron chi connectivity index (χ0n) is 17.0. The van der Waals surface area contributed by atoms with E-state index in [1.807, 2.05) is 17.0 Å². The highest BCUT2D eigenvalue weighted by Gasteiger charge is 2.35. The van der Waals surface area contributed by atoms with Gasteiger partial charge >= 0.3 is 0 Å². The molecule has 0 bridgehead atoms. The van der Waals surface area contributed by atoms with E-state index < -0.39 is 0 Å². The lowest BCUT2D eigenvalue weighted by Gasteiger charge is -2.23. The maximum absolute atomic E-state index is 12.8. The third-order valence-electron chi connectivity index (χ3n) is 5.08. The molecule has 2 aliphatic heterocycles. The summed E-state index contributed by atoms with van der Waals surface area (Å²) in [5.74, 6) is 0.475. The zero-order chi connectivity index (χ0) is 19.8. The lowest BCUT2D eigenvalue weighted by Crippen LogP contribution is -2.30. The van der Waals surface area contributed by atoms with Crippen molar-refractivity contribution in [2.45, 2.75) is 58.3 Å². The Bertz CT molecular complexity index is 728. The van der Waals surface area contributed by atoms with Crippen molar-refractivity contribution in [3.05, 3.63) is 40.6 Å². The first kappa shape index (κ1) is 20.8. The third-order valence-corrected chi connectivity index (χ3v) is 6.18. The summed E-state index contributed by atoms with van der Waals surface area (Å²) in [5.41, 5.74) is 2.14. The molecule has 3 rings (SSSR count). The van der Waals surface area contributed by atoms with E-state index in [1.54, 1.807) is 7.11 Å². The minimum atomic E-state index is -0.136. The number of ether oxygens (including phenoxy) is 1. The van der Waals surface area contributed by atoms with Crippen LogP contribution < -0.4 is 5.32 Å². The molecule has 0 spiro atoms. The summed E-state index contributed by atoms with van der Waals surface area (Å²) in [7, 11) is 1.61. The fourth-order valence-electron chi connectivity index (χ4n) is 3.52.